The van der Waals surface area contributed by atoms with Crippen molar-refractivity contribution < 1.29 is 9.90 Å². The maximum Gasteiger partial charge on any atom is 0.133 e. The van der Waals surface area contributed by atoms with Crippen molar-refractivity contribution in [1.29, 1.82) is 0 Å². The summed E-state index contributed by atoms with van der Waals surface area (Å²) in [4.78, 5) is 11.0. The van der Waals surface area contributed by atoms with E-state index >= 15 is 0 Å². The molecule has 0 spiro atoms. The third-order valence-electron chi connectivity index (χ3n) is 2.76. The number of carbonyl (C=O) groups is 1. The molecule has 0 bridgehead atoms. The molecule has 0 saturated heterocycles. The number of ketones is 1. The minimum Gasteiger partial charge on any atom is -0.385 e. The van der Waals surface area contributed by atoms with E-state index in [0.717, 1.165) is 5.56 Å². The molecule has 1 aromatic heterocycles. The summed E-state index contributed by atoms with van der Waals surface area (Å²) in [5.74, 6) is 0.233. The van der Waals surface area contributed by atoms with Crippen molar-refractivity contribution in [1.82, 2.24) is 10.2 Å². The predicted molar refractivity (Wildman–Crippen MR) is 49.4 cm³/mol. The molecule has 14 heavy (non-hydrogen) atoms. The highest BCUT2D eigenvalue weighted by molar-refractivity contribution is 5.79. The summed E-state index contributed by atoms with van der Waals surface area (Å²) < 4.78 is 0. The lowest BCUT2D eigenvalue weighted by Crippen LogP contribution is -2.31. The second-order valence-electron chi connectivity index (χ2n) is 3.70. The highest BCUT2D eigenvalue weighted by Crippen LogP contribution is 2.34. The zero-order chi connectivity index (χ0) is 10.0. The summed E-state index contributed by atoms with van der Waals surface area (Å²) in [7, 11) is 0. The maximum absolute atomic E-state index is 11.0. The van der Waals surface area contributed by atoms with E-state index in [0.29, 0.717) is 25.7 Å². The Labute approximate surface area is 82.0 Å². The topological polar surface area (TPSA) is 63.1 Å². The minimum absolute atomic E-state index is 0.233. The monoisotopic (exact) mass is 192 g/mol. The molecule has 1 saturated carbocycles. The lowest BCUT2D eigenvalue weighted by atomic mass is 9.80. The average Bonchev–Trinajstić information content (AvgIpc) is 2.24. The van der Waals surface area contributed by atoms with Gasteiger partial charge in [0.05, 0.1) is 11.8 Å². The van der Waals surface area contributed by atoms with Gasteiger partial charge in [-0.05, 0) is 18.9 Å². The van der Waals surface area contributed by atoms with Gasteiger partial charge in [0.1, 0.15) is 5.78 Å². The first-order chi connectivity index (χ1) is 6.71. The fourth-order valence-electron chi connectivity index (χ4n) is 1.80. The summed E-state index contributed by atoms with van der Waals surface area (Å²) >= 11 is 0. The number of aromatic nitrogens is 2. The van der Waals surface area contributed by atoms with Crippen LogP contribution in [0.1, 0.15) is 31.2 Å². The second kappa shape index (κ2) is 3.46. The molecule has 0 aliphatic heterocycles. The third kappa shape index (κ3) is 1.65. The van der Waals surface area contributed by atoms with Gasteiger partial charge in [-0.1, -0.05) is 0 Å². The molecule has 4 heteroatoms. The Morgan fingerprint density at radius 2 is 2.00 bits per heavy atom. The molecule has 1 N–H and O–H groups in total. The van der Waals surface area contributed by atoms with E-state index in [9.17, 15) is 9.90 Å². The number of hydrogen-bond acceptors (Lipinski definition) is 4. The van der Waals surface area contributed by atoms with Gasteiger partial charge in [-0.3, -0.25) is 4.79 Å². The van der Waals surface area contributed by atoms with Crippen LogP contribution in [0.5, 0.6) is 0 Å². The van der Waals surface area contributed by atoms with Crippen LogP contribution < -0.4 is 0 Å². The van der Waals surface area contributed by atoms with Crippen molar-refractivity contribution in [2.24, 2.45) is 0 Å². The van der Waals surface area contributed by atoms with Crippen LogP contribution in [0.25, 0.3) is 0 Å². The van der Waals surface area contributed by atoms with Crippen LogP contribution in [0.2, 0.25) is 0 Å². The zero-order valence-electron chi connectivity index (χ0n) is 7.81. The maximum atomic E-state index is 11.0. The highest BCUT2D eigenvalue weighted by atomic mass is 16.3. The van der Waals surface area contributed by atoms with E-state index in [1.54, 1.807) is 18.5 Å². The number of rotatable bonds is 1. The molecular formula is C10H12N2O2. The largest absolute Gasteiger partial charge is 0.385 e. The Bertz CT molecular complexity index is 327. The molecular weight excluding hydrogens is 180 g/mol. The van der Waals surface area contributed by atoms with E-state index in [1.807, 2.05) is 0 Å². The van der Waals surface area contributed by atoms with Crippen molar-refractivity contribution in [3.63, 3.8) is 0 Å². The highest BCUT2D eigenvalue weighted by Gasteiger charge is 2.34. The van der Waals surface area contributed by atoms with Crippen molar-refractivity contribution in [3.8, 4) is 0 Å². The van der Waals surface area contributed by atoms with E-state index in [-0.39, 0.29) is 5.78 Å². The SMILES string of the molecule is O=C1CCC(O)(c2ccnnc2)CC1. The van der Waals surface area contributed by atoms with Gasteiger partial charge >= 0.3 is 0 Å². The van der Waals surface area contributed by atoms with Crippen LogP contribution >= 0.6 is 0 Å². The molecule has 1 fully saturated rings. The second-order valence-corrected chi connectivity index (χ2v) is 3.70. The van der Waals surface area contributed by atoms with E-state index < -0.39 is 5.60 Å². The van der Waals surface area contributed by atoms with Crippen molar-refractivity contribution >= 4 is 5.78 Å². The fraction of sp³-hybridized carbons (Fsp3) is 0.500. The standard InChI is InChI=1S/C10H12N2O2/c13-9-1-4-10(14,5-2-9)8-3-6-11-12-7-8/h3,6-7,14H,1-2,4-5H2. The minimum atomic E-state index is -0.871. The Morgan fingerprint density at radius 3 is 2.57 bits per heavy atom. The van der Waals surface area contributed by atoms with Crippen LogP contribution in [-0.4, -0.2) is 21.1 Å². The molecule has 4 nitrogen and oxygen atoms in total. The van der Waals surface area contributed by atoms with Crippen LogP contribution in [-0.2, 0) is 10.4 Å². The van der Waals surface area contributed by atoms with Gasteiger partial charge in [-0.2, -0.15) is 10.2 Å². The summed E-state index contributed by atoms with van der Waals surface area (Å²) in [6.45, 7) is 0. The third-order valence-corrected chi connectivity index (χ3v) is 2.76. The predicted octanol–water partition coefficient (Wildman–Crippen LogP) is 0.807. The Kier molecular flexibility index (Phi) is 2.29. The fourth-order valence-corrected chi connectivity index (χ4v) is 1.80. The van der Waals surface area contributed by atoms with Gasteiger partial charge in [0, 0.05) is 24.6 Å². The van der Waals surface area contributed by atoms with Gasteiger partial charge in [0.2, 0.25) is 0 Å². The molecule has 0 radical (unpaired) electrons. The number of Topliss-reactive ketones (excluding diaryl/α,β-unsaturated/α-hetero) is 1. The van der Waals surface area contributed by atoms with E-state index in [1.165, 1.54) is 0 Å². The number of aliphatic hydroxyl groups is 1. The summed E-state index contributed by atoms with van der Waals surface area (Å²) in [5.41, 5.74) is -0.107. The molecule has 0 aromatic carbocycles. The van der Waals surface area contributed by atoms with Crippen LogP contribution in [0.3, 0.4) is 0 Å². The van der Waals surface area contributed by atoms with Gasteiger partial charge in [-0.15, -0.1) is 0 Å². The lowest BCUT2D eigenvalue weighted by molar-refractivity contribution is -0.125. The first-order valence-electron chi connectivity index (χ1n) is 4.72. The Balaban J connectivity index is 2.21. The van der Waals surface area contributed by atoms with Gasteiger partial charge in [0.25, 0.3) is 0 Å². The summed E-state index contributed by atoms with van der Waals surface area (Å²) in [5, 5.41) is 17.6. The average molecular weight is 192 g/mol. The molecule has 2 rings (SSSR count). The van der Waals surface area contributed by atoms with Crippen LogP contribution in [0.4, 0.5) is 0 Å². The van der Waals surface area contributed by atoms with Gasteiger partial charge in [0.15, 0.2) is 0 Å². The van der Waals surface area contributed by atoms with Crippen LogP contribution in [0, 0.1) is 0 Å². The molecule has 1 aromatic rings. The smallest absolute Gasteiger partial charge is 0.133 e. The molecule has 1 aliphatic rings. The molecule has 1 heterocycles. The Hall–Kier alpha value is -1.29. The number of hydrogen-bond donors (Lipinski definition) is 1. The van der Waals surface area contributed by atoms with Crippen molar-refractivity contribution in [2.75, 3.05) is 0 Å². The molecule has 0 amide bonds. The summed E-state index contributed by atoms with van der Waals surface area (Å²) in [6, 6.07) is 1.75. The number of carbonyl (C=O) groups excluding carboxylic acids is 1. The van der Waals surface area contributed by atoms with Crippen LogP contribution in [0.15, 0.2) is 18.5 Å². The first-order valence-corrected chi connectivity index (χ1v) is 4.72. The van der Waals surface area contributed by atoms with Gasteiger partial charge < -0.3 is 5.11 Å². The van der Waals surface area contributed by atoms with Crippen molar-refractivity contribution in [3.05, 3.63) is 24.0 Å². The molecule has 0 unspecified atom stereocenters. The molecule has 1 aliphatic carbocycles. The van der Waals surface area contributed by atoms with E-state index in [2.05, 4.69) is 10.2 Å². The first kappa shape index (κ1) is 9.27. The van der Waals surface area contributed by atoms with E-state index in [4.69, 9.17) is 0 Å². The van der Waals surface area contributed by atoms with Crippen molar-refractivity contribution in [2.45, 2.75) is 31.3 Å². The number of nitrogens with zero attached hydrogens (tertiary/aromatic N) is 2. The Morgan fingerprint density at radius 1 is 1.29 bits per heavy atom. The lowest BCUT2D eigenvalue weighted by Gasteiger charge is -2.31. The quantitative estimate of drug-likeness (QED) is 0.715. The molecule has 0 atom stereocenters. The normalized spacial score (nSPS) is 20.8. The molecule has 74 valence electrons. The van der Waals surface area contributed by atoms with Gasteiger partial charge in [-0.25, -0.2) is 0 Å². The zero-order valence-corrected chi connectivity index (χ0v) is 7.81. The summed E-state index contributed by atoms with van der Waals surface area (Å²) in [6.07, 6.45) is 5.03.